The maximum Gasteiger partial charge on any atom is 0.306 e. The fraction of sp³-hybridized carbons (Fsp3) is 0.308. The summed E-state index contributed by atoms with van der Waals surface area (Å²) in [4.78, 5) is 11.2. The Morgan fingerprint density at radius 2 is 2.06 bits per heavy atom. The zero-order valence-electron chi connectivity index (χ0n) is 10.2. The van der Waals surface area contributed by atoms with E-state index in [1.807, 2.05) is 0 Å². The van der Waals surface area contributed by atoms with E-state index in [-0.39, 0.29) is 6.42 Å². The summed E-state index contributed by atoms with van der Waals surface area (Å²) in [5, 5.41) is 10.1. The molecule has 1 aliphatic heterocycles. The Morgan fingerprint density at radius 3 is 2.67 bits per heavy atom. The summed E-state index contributed by atoms with van der Waals surface area (Å²) in [5.74, 6) is -1.52. The maximum absolute atomic E-state index is 12.0. The van der Waals surface area contributed by atoms with E-state index in [1.165, 1.54) is 5.41 Å². The number of carboxylic acid groups (broad SMARTS) is 1. The van der Waals surface area contributed by atoms with Crippen molar-refractivity contribution >= 4 is 21.4 Å². The van der Waals surface area contributed by atoms with E-state index in [1.54, 1.807) is 32.0 Å². The third kappa shape index (κ3) is 2.06. The molecular weight excluding hydrogens is 252 g/mol. The Balaban J connectivity index is 2.49. The summed E-state index contributed by atoms with van der Waals surface area (Å²) >= 11 is 0. The van der Waals surface area contributed by atoms with Crippen molar-refractivity contribution in [1.82, 2.24) is 0 Å². The van der Waals surface area contributed by atoms with Gasteiger partial charge in [0.05, 0.1) is 10.8 Å². The van der Waals surface area contributed by atoms with Gasteiger partial charge >= 0.3 is 5.97 Å². The molecule has 0 spiro atoms. The van der Waals surface area contributed by atoms with Crippen molar-refractivity contribution in [3.8, 4) is 0 Å². The maximum atomic E-state index is 12.0. The van der Waals surface area contributed by atoms with E-state index in [0.717, 1.165) is 0 Å². The van der Waals surface area contributed by atoms with Crippen LogP contribution in [0.1, 0.15) is 24.5 Å². The highest BCUT2D eigenvalue weighted by molar-refractivity contribution is 7.95. The standard InChI is InChI=1S/C13H14O4S/c1-8-4-3-5-11-10(6-9(2)13(14)15)7-18(16,17)12(8)11/h3-5,7,9H,6H2,1-2H3,(H,14,15). The Kier molecular flexibility index (Phi) is 3.02. The van der Waals surface area contributed by atoms with E-state index in [4.69, 9.17) is 5.11 Å². The number of rotatable bonds is 3. The van der Waals surface area contributed by atoms with Crippen molar-refractivity contribution in [2.75, 3.05) is 0 Å². The zero-order chi connectivity index (χ0) is 13.5. The van der Waals surface area contributed by atoms with Gasteiger partial charge in [-0.2, -0.15) is 0 Å². The quantitative estimate of drug-likeness (QED) is 0.910. The first-order valence-electron chi connectivity index (χ1n) is 5.61. The van der Waals surface area contributed by atoms with Crippen LogP contribution in [0, 0.1) is 12.8 Å². The number of benzene rings is 1. The molecule has 2 rings (SSSR count). The number of carboxylic acids is 1. The second-order valence-electron chi connectivity index (χ2n) is 4.58. The molecule has 0 saturated heterocycles. The molecule has 4 nitrogen and oxygen atoms in total. The number of hydrogen-bond donors (Lipinski definition) is 1. The van der Waals surface area contributed by atoms with Crippen LogP contribution in [0.2, 0.25) is 0 Å². The van der Waals surface area contributed by atoms with Crippen LogP contribution in [0.4, 0.5) is 0 Å². The van der Waals surface area contributed by atoms with Crippen LogP contribution < -0.4 is 0 Å². The number of carbonyl (C=O) groups is 1. The lowest BCUT2D eigenvalue weighted by Gasteiger charge is -2.08. The minimum atomic E-state index is -3.41. The molecule has 18 heavy (non-hydrogen) atoms. The van der Waals surface area contributed by atoms with Gasteiger partial charge in [0.25, 0.3) is 0 Å². The van der Waals surface area contributed by atoms with E-state index < -0.39 is 21.7 Å². The van der Waals surface area contributed by atoms with Gasteiger partial charge in [-0.3, -0.25) is 4.79 Å². The van der Waals surface area contributed by atoms with Crippen LogP contribution >= 0.6 is 0 Å². The minimum Gasteiger partial charge on any atom is -0.481 e. The number of hydrogen-bond acceptors (Lipinski definition) is 3. The first kappa shape index (κ1) is 12.8. The summed E-state index contributed by atoms with van der Waals surface area (Å²) in [7, 11) is -3.41. The summed E-state index contributed by atoms with van der Waals surface area (Å²) in [6, 6.07) is 5.26. The number of aliphatic carboxylic acids is 1. The van der Waals surface area contributed by atoms with Gasteiger partial charge in [0.1, 0.15) is 0 Å². The first-order chi connectivity index (χ1) is 8.33. The normalized spacial score (nSPS) is 18.0. The SMILES string of the molecule is Cc1cccc2c1S(=O)(=O)C=C2CC(C)C(=O)O. The molecule has 0 fully saturated rings. The molecule has 1 aromatic carbocycles. The van der Waals surface area contributed by atoms with Gasteiger partial charge in [0.15, 0.2) is 0 Å². The topological polar surface area (TPSA) is 71.4 Å². The molecule has 96 valence electrons. The average molecular weight is 266 g/mol. The van der Waals surface area contributed by atoms with E-state index in [2.05, 4.69) is 0 Å². The van der Waals surface area contributed by atoms with Gasteiger partial charge in [0, 0.05) is 5.41 Å². The van der Waals surface area contributed by atoms with Crippen molar-refractivity contribution in [3.05, 3.63) is 34.7 Å². The van der Waals surface area contributed by atoms with Gasteiger partial charge in [-0.15, -0.1) is 0 Å². The largest absolute Gasteiger partial charge is 0.481 e. The van der Waals surface area contributed by atoms with Gasteiger partial charge < -0.3 is 5.11 Å². The van der Waals surface area contributed by atoms with E-state index >= 15 is 0 Å². The Hall–Kier alpha value is -1.62. The van der Waals surface area contributed by atoms with Crippen molar-refractivity contribution in [2.45, 2.75) is 25.2 Å². The highest BCUT2D eigenvalue weighted by atomic mass is 32.2. The Bertz CT molecular complexity index is 641. The number of sulfone groups is 1. The molecule has 0 aromatic heterocycles. The Morgan fingerprint density at radius 1 is 1.39 bits per heavy atom. The molecule has 0 bridgehead atoms. The number of aryl methyl sites for hydroxylation is 1. The van der Waals surface area contributed by atoms with Gasteiger partial charge in [0.2, 0.25) is 9.84 Å². The highest BCUT2D eigenvalue weighted by Crippen LogP contribution is 2.38. The lowest BCUT2D eigenvalue weighted by molar-refractivity contribution is -0.140. The predicted molar refractivity (Wildman–Crippen MR) is 67.8 cm³/mol. The smallest absolute Gasteiger partial charge is 0.306 e. The molecule has 0 aliphatic carbocycles. The molecule has 0 saturated carbocycles. The van der Waals surface area contributed by atoms with Crippen molar-refractivity contribution in [2.24, 2.45) is 5.92 Å². The van der Waals surface area contributed by atoms with Crippen LogP contribution in [0.25, 0.3) is 5.57 Å². The average Bonchev–Trinajstić information content (AvgIpc) is 2.51. The van der Waals surface area contributed by atoms with Crippen LogP contribution in [-0.2, 0) is 14.6 Å². The predicted octanol–water partition coefficient (Wildman–Crippen LogP) is 2.23. The number of fused-ring (bicyclic) bond motifs is 1. The van der Waals surface area contributed by atoms with Crippen LogP contribution in [0.5, 0.6) is 0 Å². The lowest BCUT2D eigenvalue weighted by Crippen LogP contribution is -2.09. The molecule has 1 aliphatic rings. The lowest BCUT2D eigenvalue weighted by atomic mass is 9.96. The molecule has 1 N–H and O–H groups in total. The molecule has 1 heterocycles. The van der Waals surface area contributed by atoms with E-state index in [9.17, 15) is 13.2 Å². The summed E-state index contributed by atoms with van der Waals surface area (Å²) < 4.78 is 24.0. The second-order valence-corrected chi connectivity index (χ2v) is 6.32. The van der Waals surface area contributed by atoms with Gasteiger partial charge in [-0.05, 0) is 30.0 Å². The van der Waals surface area contributed by atoms with Crippen molar-refractivity contribution in [1.29, 1.82) is 0 Å². The summed E-state index contributed by atoms with van der Waals surface area (Å²) in [6.07, 6.45) is 0.227. The molecule has 0 radical (unpaired) electrons. The minimum absolute atomic E-state index is 0.227. The van der Waals surface area contributed by atoms with Crippen LogP contribution in [-0.4, -0.2) is 19.5 Å². The Labute approximate surface area is 106 Å². The van der Waals surface area contributed by atoms with Crippen LogP contribution in [0.3, 0.4) is 0 Å². The summed E-state index contributed by atoms with van der Waals surface area (Å²) in [6.45, 7) is 3.32. The highest BCUT2D eigenvalue weighted by Gasteiger charge is 2.29. The van der Waals surface area contributed by atoms with Gasteiger partial charge in [-0.25, -0.2) is 8.42 Å². The van der Waals surface area contributed by atoms with Crippen molar-refractivity contribution < 1.29 is 18.3 Å². The number of allylic oxidation sites excluding steroid dienone is 1. The van der Waals surface area contributed by atoms with E-state index in [0.29, 0.717) is 21.6 Å². The summed E-state index contributed by atoms with van der Waals surface area (Å²) in [5.41, 5.74) is 1.92. The second kappa shape index (κ2) is 4.24. The van der Waals surface area contributed by atoms with Crippen LogP contribution in [0.15, 0.2) is 28.5 Å². The zero-order valence-corrected chi connectivity index (χ0v) is 11.0. The first-order valence-corrected chi connectivity index (χ1v) is 7.16. The molecule has 5 heteroatoms. The third-order valence-corrected chi connectivity index (χ3v) is 4.79. The molecule has 0 amide bonds. The molecule has 1 unspecified atom stereocenters. The fourth-order valence-electron chi connectivity index (χ4n) is 2.17. The fourth-order valence-corrected chi connectivity index (χ4v) is 3.91. The molecular formula is C13H14O4S. The molecule has 1 aromatic rings. The third-order valence-electron chi connectivity index (χ3n) is 3.09. The van der Waals surface area contributed by atoms with Gasteiger partial charge in [-0.1, -0.05) is 25.1 Å². The monoisotopic (exact) mass is 266 g/mol. The molecule has 1 atom stereocenters. The van der Waals surface area contributed by atoms with Crippen molar-refractivity contribution in [3.63, 3.8) is 0 Å².